The van der Waals surface area contributed by atoms with Crippen molar-refractivity contribution in [3.05, 3.63) is 42.5 Å². The molecule has 2 aromatic rings. The fourth-order valence-electron chi connectivity index (χ4n) is 2.54. The number of hydrogen-bond acceptors (Lipinski definition) is 5. The lowest BCUT2D eigenvalue weighted by Gasteiger charge is -2.22. The number of fused-ring (bicyclic) bond motifs is 1. The van der Waals surface area contributed by atoms with E-state index in [9.17, 15) is 4.79 Å². The Kier molecular flexibility index (Phi) is 5.83. The van der Waals surface area contributed by atoms with Gasteiger partial charge in [-0.25, -0.2) is 0 Å². The van der Waals surface area contributed by atoms with Gasteiger partial charge in [0.2, 0.25) is 5.91 Å². The molecule has 1 amide bonds. The van der Waals surface area contributed by atoms with Crippen LogP contribution in [0.25, 0.3) is 0 Å². The SMILES string of the molecule is CCCC(N)C(=O)Nc1cc2c(cc1Sc1ccccc1)OCCO2. The summed E-state index contributed by atoms with van der Waals surface area (Å²) < 4.78 is 11.3. The summed E-state index contributed by atoms with van der Waals surface area (Å²) in [5.41, 5.74) is 6.63. The predicted molar refractivity (Wildman–Crippen MR) is 99.5 cm³/mol. The monoisotopic (exact) mass is 358 g/mol. The minimum absolute atomic E-state index is 0.187. The van der Waals surface area contributed by atoms with Crippen LogP contribution in [0.3, 0.4) is 0 Å². The number of nitrogens with one attached hydrogen (secondary N) is 1. The number of benzene rings is 2. The molecule has 2 aromatic carbocycles. The van der Waals surface area contributed by atoms with Crippen LogP contribution in [0.2, 0.25) is 0 Å². The molecule has 0 aromatic heterocycles. The summed E-state index contributed by atoms with van der Waals surface area (Å²) in [7, 11) is 0. The van der Waals surface area contributed by atoms with Crippen molar-refractivity contribution in [3.63, 3.8) is 0 Å². The molecule has 0 fully saturated rings. The van der Waals surface area contributed by atoms with Crippen LogP contribution >= 0.6 is 11.8 Å². The van der Waals surface area contributed by atoms with E-state index in [2.05, 4.69) is 5.32 Å². The van der Waals surface area contributed by atoms with Gasteiger partial charge in [-0.1, -0.05) is 43.3 Å². The number of hydrogen-bond donors (Lipinski definition) is 2. The summed E-state index contributed by atoms with van der Waals surface area (Å²) in [6.07, 6.45) is 1.51. The molecular formula is C19H22N2O3S. The van der Waals surface area contributed by atoms with E-state index in [4.69, 9.17) is 15.2 Å². The molecule has 0 aliphatic carbocycles. The fraction of sp³-hybridized carbons (Fsp3) is 0.316. The quantitative estimate of drug-likeness (QED) is 0.824. The van der Waals surface area contributed by atoms with E-state index in [1.165, 1.54) is 0 Å². The second-order valence-electron chi connectivity index (χ2n) is 5.79. The minimum Gasteiger partial charge on any atom is -0.486 e. The molecule has 1 aliphatic heterocycles. The van der Waals surface area contributed by atoms with Crippen molar-refractivity contribution in [2.45, 2.75) is 35.6 Å². The molecule has 0 saturated heterocycles. The average molecular weight is 358 g/mol. The van der Waals surface area contributed by atoms with Crippen LogP contribution in [0.5, 0.6) is 11.5 Å². The first-order chi connectivity index (χ1) is 12.2. The zero-order valence-electron chi connectivity index (χ0n) is 14.2. The molecule has 1 aliphatic rings. The third-order valence-electron chi connectivity index (χ3n) is 3.81. The highest BCUT2D eigenvalue weighted by Gasteiger charge is 2.20. The van der Waals surface area contributed by atoms with Gasteiger partial charge in [-0.15, -0.1) is 0 Å². The molecule has 3 N–H and O–H groups in total. The largest absolute Gasteiger partial charge is 0.486 e. The predicted octanol–water partition coefficient (Wildman–Crippen LogP) is 3.67. The van der Waals surface area contributed by atoms with Gasteiger partial charge >= 0.3 is 0 Å². The number of anilines is 1. The van der Waals surface area contributed by atoms with Crippen molar-refractivity contribution < 1.29 is 14.3 Å². The van der Waals surface area contributed by atoms with Gasteiger partial charge in [0.25, 0.3) is 0 Å². The van der Waals surface area contributed by atoms with Gasteiger partial charge in [0.1, 0.15) is 13.2 Å². The van der Waals surface area contributed by atoms with E-state index >= 15 is 0 Å². The number of amides is 1. The Bertz CT molecular complexity index is 737. The van der Waals surface area contributed by atoms with E-state index in [1.54, 1.807) is 11.8 Å². The molecule has 0 bridgehead atoms. The Hall–Kier alpha value is -2.18. The van der Waals surface area contributed by atoms with E-state index < -0.39 is 6.04 Å². The first-order valence-electron chi connectivity index (χ1n) is 8.40. The molecule has 5 nitrogen and oxygen atoms in total. The number of nitrogens with two attached hydrogens (primary N) is 1. The number of carbonyl (C=O) groups excluding carboxylic acids is 1. The fourth-order valence-corrected chi connectivity index (χ4v) is 3.47. The zero-order chi connectivity index (χ0) is 17.6. The van der Waals surface area contributed by atoms with Gasteiger partial charge in [-0.3, -0.25) is 4.79 Å². The van der Waals surface area contributed by atoms with Gasteiger partial charge < -0.3 is 20.5 Å². The maximum absolute atomic E-state index is 12.4. The van der Waals surface area contributed by atoms with Crippen molar-refractivity contribution in [2.75, 3.05) is 18.5 Å². The smallest absolute Gasteiger partial charge is 0.241 e. The first-order valence-corrected chi connectivity index (χ1v) is 9.22. The van der Waals surface area contributed by atoms with Crippen LogP contribution in [0.15, 0.2) is 52.3 Å². The summed E-state index contributed by atoms with van der Waals surface area (Å²) in [5.74, 6) is 1.15. The molecule has 0 radical (unpaired) electrons. The third kappa shape index (κ3) is 4.46. The van der Waals surface area contributed by atoms with E-state index in [0.29, 0.717) is 36.8 Å². The van der Waals surface area contributed by atoms with E-state index in [1.807, 2.05) is 49.4 Å². The van der Waals surface area contributed by atoms with Crippen LogP contribution < -0.4 is 20.5 Å². The second kappa shape index (κ2) is 8.27. The van der Waals surface area contributed by atoms with Crippen molar-refractivity contribution in [1.82, 2.24) is 0 Å². The Balaban J connectivity index is 1.89. The highest BCUT2D eigenvalue weighted by atomic mass is 32.2. The zero-order valence-corrected chi connectivity index (χ0v) is 15.0. The molecule has 1 heterocycles. The van der Waals surface area contributed by atoms with Crippen LogP contribution in [0.4, 0.5) is 5.69 Å². The average Bonchev–Trinajstić information content (AvgIpc) is 2.63. The lowest BCUT2D eigenvalue weighted by atomic mass is 10.1. The van der Waals surface area contributed by atoms with Gasteiger partial charge in [0.15, 0.2) is 11.5 Å². The van der Waals surface area contributed by atoms with Crippen LogP contribution in [0.1, 0.15) is 19.8 Å². The first kappa shape index (κ1) is 17.6. The standard InChI is InChI=1S/C19H22N2O3S/c1-2-6-14(20)19(22)21-15-11-16-17(24-10-9-23-16)12-18(15)25-13-7-4-3-5-8-13/h3-5,7-8,11-12,14H,2,6,9-10,20H2,1H3,(H,21,22). The normalized spacial score (nSPS) is 14.0. The minimum atomic E-state index is -0.521. The summed E-state index contributed by atoms with van der Waals surface area (Å²) in [4.78, 5) is 14.3. The summed E-state index contributed by atoms with van der Waals surface area (Å²) in [5, 5.41) is 2.95. The molecule has 3 rings (SSSR count). The van der Waals surface area contributed by atoms with E-state index in [0.717, 1.165) is 16.2 Å². The van der Waals surface area contributed by atoms with Crippen LogP contribution in [-0.4, -0.2) is 25.2 Å². The maximum Gasteiger partial charge on any atom is 0.241 e. The molecule has 25 heavy (non-hydrogen) atoms. The van der Waals surface area contributed by atoms with Crippen molar-refractivity contribution in [1.29, 1.82) is 0 Å². The van der Waals surface area contributed by atoms with Gasteiger partial charge in [-0.05, 0) is 18.6 Å². The Morgan fingerprint density at radius 2 is 1.88 bits per heavy atom. The Morgan fingerprint density at radius 1 is 1.20 bits per heavy atom. The lowest BCUT2D eigenvalue weighted by Crippen LogP contribution is -2.35. The van der Waals surface area contributed by atoms with Crippen LogP contribution in [0, 0.1) is 0 Å². The Morgan fingerprint density at radius 3 is 2.56 bits per heavy atom. The topological polar surface area (TPSA) is 73.6 Å². The van der Waals surface area contributed by atoms with Crippen LogP contribution in [-0.2, 0) is 4.79 Å². The highest BCUT2D eigenvalue weighted by Crippen LogP contribution is 2.42. The second-order valence-corrected chi connectivity index (χ2v) is 6.91. The maximum atomic E-state index is 12.4. The number of ether oxygens (including phenoxy) is 2. The molecule has 1 atom stereocenters. The van der Waals surface area contributed by atoms with Gasteiger partial charge in [0, 0.05) is 21.9 Å². The summed E-state index contributed by atoms with van der Waals surface area (Å²) in [6.45, 7) is 3.03. The molecule has 6 heteroatoms. The molecule has 0 saturated carbocycles. The Labute approximate surface area is 151 Å². The lowest BCUT2D eigenvalue weighted by molar-refractivity contribution is -0.117. The summed E-state index contributed by atoms with van der Waals surface area (Å²) in [6, 6.07) is 13.2. The van der Waals surface area contributed by atoms with Crippen molar-refractivity contribution in [3.8, 4) is 11.5 Å². The van der Waals surface area contributed by atoms with Gasteiger partial charge in [-0.2, -0.15) is 0 Å². The highest BCUT2D eigenvalue weighted by molar-refractivity contribution is 7.99. The number of carbonyl (C=O) groups is 1. The molecular weight excluding hydrogens is 336 g/mol. The third-order valence-corrected chi connectivity index (χ3v) is 4.88. The van der Waals surface area contributed by atoms with Gasteiger partial charge in [0.05, 0.1) is 11.7 Å². The van der Waals surface area contributed by atoms with Crippen molar-refractivity contribution >= 4 is 23.4 Å². The summed E-state index contributed by atoms with van der Waals surface area (Å²) >= 11 is 1.56. The van der Waals surface area contributed by atoms with Crippen molar-refractivity contribution in [2.24, 2.45) is 5.73 Å². The van der Waals surface area contributed by atoms with E-state index in [-0.39, 0.29) is 5.91 Å². The number of rotatable bonds is 6. The molecule has 132 valence electrons. The molecule has 0 spiro atoms. The molecule has 1 unspecified atom stereocenters.